The molecule has 1 radical (unpaired) electrons. The molecule has 2 heteroatoms. The number of hydrogen-bond acceptors (Lipinski definition) is 2. The molecule has 0 aromatic heterocycles. The molecule has 0 aliphatic carbocycles. The van der Waals surface area contributed by atoms with Crippen molar-refractivity contribution in [2.45, 2.75) is 13.5 Å². The van der Waals surface area contributed by atoms with Gasteiger partial charge in [-0.05, 0) is 12.5 Å². The van der Waals surface area contributed by atoms with E-state index in [0.29, 0.717) is 6.61 Å². The van der Waals surface area contributed by atoms with Gasteiger partial charge in [-0.2, -0.15) is 0 Å². The third kappa shape index (κ3) is 3.16. The average molecular weight is 151 g/mol. The molecule has 1 N–H and O–H groups in total. The lowest BCUT2D eigenvalue weighted by Gasteiger charge is -2.03. The number of aliphatic hydroxyl groups excluding tert-OH is 1. The van der Waals surface area contributed by atoms with Crippen molar-refractivity contribution in [3.63, 3.8) is 0 Å². The Labute approximate surface area is 66.4 Å². The predicted octanol–water partition coefficient (Wildman–Crippen LogP) is 2.09. The molecule has 0 bridgehead atoms. The van der Waals surface area contributed by atoms with Gasteiger partial charge in [0.05, 0.1) is 6.61 Å². The summed E-state index contributed by atoms with van der Waals surface area (Å²) < 4.78 is 4.90. The molecule has 0 saturated carbocycles. The standard InChI is InChI=1S/C9H11O2/c1-8(10)11-7-9-5-3-2-4-6-9/h2-6,10H,7H2,1H3. The van der Waals surface area contributed by atoms with E-state index in [9.17, 15) is 0 Å². The molecule has 2 nitrogen and oxygen atoms in total. The molecule has 1 aromatic rings. The Balaban J connectivity index is 2.39. The monoisotopic (exact) mass is 151 g/mol. The first kappa shape index (κ1) is 8.24. The van der Waals surface area contributed by atoms with Gasteiger partial charge in [0.25, 0.3) is 0 Å². The van der Waals surface area contributed by atoms with Crippen LogP contribution in [0, 0.1) is 6.29 Å². The second-order valence-corrected chi connectivity index (χ2v) is 2.29. The summed E-state index contributed by atoms with van der Waals surface area (Å²) in [7, 11) is 0. The minimum absolute atomic E-state index is 0.00820. The van der Waals surface area contributed by atoms with Gasteiger partial charge in [-0.25, -0.2) is 0 Å². The van der Waals surface area contributed by atoms with E-state index in [2.05, 4.69) is 0 Å². The average Bonchev–Trinajstić information content (AvgIpc) is 2.03. The first-order chi connectivity index (χ1) is 5.29. The van der Waals surface area contributed by atoms with Gasteiger partial charge in [-0.15, -0.1) is 0 Å². The van der Waals surface area contributed by atoms with Crippen molar-refractivity contribution in [3.05, 3.63) is 42.2 Å². The van der Waals surface area contributed by atoms with Crippen LogP contribution in [-0.4, -0.2) is 5.11 Å². The Hall–Kier alpha value is -0.860. The smallest absolute Gasteiger partial charge is 0.218 e. The summed E-state index contributed by atoms with van der Waals surface area (Å²) in [6.45, 7) is 1.95. The van der Waals surface area contributed by atoms with E-state index in [-0.39, 0.29) is 6.29 Å². The molecule has 0 aliphatic heterocycles. The zero-order chi connectivity index (χ0) is 8.10. The van der Waals surface area contributed by atoms with Crippen molar-refractivity contribution >= 4 is 0 Å². The zero-order valence-electron chi connectivity index (χ0n) is 6.45. The molecule has 0 heterocycles. The second-order valence-electron chi connectivity index (χ2n) is 2.29. The summed E-state index contributed by atoms with van der Waals surface area (Å²) in [6, 6.07) is 9.71. The minimum Gasteiger partial charge on any atom is -0.362 e. The van der Waals surface area contributed by atoms with Crippen molar-refractivity contribution in [1.82, 2.24) is 0 Å². The summed E-state index contributed by atoms with van der Waals surface area (Å²) in [5.41, 5.74) is 1.06. The first-order valence-electron chi connectivity index (χ1n) is 3.48. The van der Waals surface area contributed by atoms with Gasteiger partial charge >= 0.3 is 0 Å². The highest BCUT2D eigenvalue weighted by atomic mass is 16.6. The van der Waals surface area contributed by atoms with E-state index in [1.165, 1.54) is 6.92 Å². The van der Waals surface area contributed by atoms with E-state index in [4.69, 9.17) is 9.84 Å². The number of aliphatic hydroxyl groups is 1. The van der Waals surface area contributed by atoms with Gasteiger partial charge < -0.3 is 9.84 Å². The molecule has 0 amide bonds. The van der Waals surface area contributed by atoms with Crippen LogP contribution in [0.2, 0.25) is 0 Å². The zero-order valence-corrected chi connectivity index (χ0v) is 6.45. The van der Waals surface area contributed by atoms with Crippen molar-refractivity contribution in [2.75, 3.05) is 0 Å². The van der Waals surface area contributed by atoms with Crippen LogP contribution in [-0.2, 0) is 11.3 Å². The van der Waals surface area contributed by atoms with Gasteiger partial charge in [-0.3, -0.25) is 0 Å². The molecule has 1 rings (SSSR count). The fraction of sp³-hybridized carbons (Fsp3) is 0.222. The molecule has 0 aliphatic rings. The highest BCUT2D eigenvalue weighted by molar-refractivity contribution is 5.13. The molecular weight excluding hydrogens is 140 g/mol. The second kappa shape index (κ2) is 4.11. The Morgan fingerprint density at radius 1 is 1.36 bits per heavy atom. The Morgan fingerprint density at radius 3 is 2.55 bits per heavy atom. The lowest BCUT2D eigenvalue weighted by atomic mass is 10.2. The summed E-state index contributed by atoms with van der Waals surface area (Å²) in [6.07, 6.45) is 0.00820. The largest absolute Gasteiger partial charge is 0.362 e. The van der Waals surface area contributed by atoms with E-state index < -0.39 is 0 Å². The highest BCUT2D eigenvalue weighted by Crippen LogP contribution is 2.04. The van der Waals surface area contributed by atoms with Gasteiger partial charge in [-0.1, -0.05) is 30.3 Å². The third-order valence-electron chi connectivity index (χ3n) is 1.29. The van der Waals surface area contributed by atoms with Crippen LogP contribution >= 0.6 is 0 Å². The predicted molar refractivity (Wildman–Crippen MR) is 42.1 cm³/mol. The van der Waals surface area contributed by atoms with E-state index in [1.54, 1.807) is 0 Å². The summed E-state index contributed by atoms with van der Waals surface area (Å²) >= 11 is 0. The van der Waals surface area contributed by atoms with Crippen molar-refractivity contribution in [1.29, 1.82) is 0 Å². The number of benzene rings is 1. The highest BCUT2D eigenvalue weighted by Gasteiger charge is 1.96. The maximum atomic E-state index is 8.71. The summed E-state index contributed by atoms with van der Waals surface area (Å²) in [5.74, 6) is 0. The topological polar surface area (TPSA) is 29.5 Å². The molecular formula is C9H11O2. The van der Waals surface area contributed by atoms with Crippen molar-refractivity contribution in [3.8, 4) is 0 Å². The summed E-state index contributed by atoms with van der Waals surface area (Å²) in [5, 5.41) is 8.71. The Morgan fingerprint density at radius 2 is 2.00 bits per heavy atom. The molecule has 1 aromatic carbocycles. The molecule has 0 unspecified atom stereocenters. The van der Waals surface area contributed by atoms with Crippen molar-refractivity contribution in [2.24, 2.45) is 0 Å². The SMILES string of the molecule is C[C](O)OCc1ccccc1. The van der Waals surface area contributed by atoms with E-state index in [1.807, 2.05) is 30.3 Å². The van der Waals surface area contributed by atoms with Crippen LogP contribution in [0.3, 0.4) is 0 Å². The van der Waals surface area contributed by atoms with E-state index in [0.717, 1.165) is 5.56 Å². The molecule has 0 atom stereocenters. The number of rotatable bonds is 3. The Bertz CT molecular complexity index is 194. The van der Waals surface area contributed by atoms with Gasteiger partial charge in [0, 0.05) is 0 Å². The lowest BCUT2D eigenvalue weighted by Crippen LogP contribution is -1.96. The van der Waals surface area contributed by atoms with Crippen LogP contribution < -0.4 is 0 Å². The van der Waals surface area contributed by atoms with E-state index >= 15 is 0 Å². The van der Waals surface area contributed by atoms with Crippen LogP contribution in [0.25, 0.3) is 0 Å². The third-order valence-corrected chi connectivity index (χ3v) is 1.29. The lowest BCUT2D eigenvalue weighted by molar-refractivity contribution is 0.00512. The molecule has 11 heavy (non-hydrogen) atoms. The number of ether oxygens (including phenoxy) is 1. The van der Waals surface area contributed by atoms with Gasteiger partial charge in [0.15, 0.2) is 0 Å². The normalized spacial score (nSPS) is 10.5. The maximum absolute atomic E-state index is 8.71. The van der Waals surface area contributed by atoms with Crippen LogP contribution in [0.5, 0.6) is 0 Å². The maximum Gasteiger partial charge on any atom is 0.218 e. The van der Waals surface area contributed by atoms with Crippen LogP contribution in [0.4, 0.5) is 0 Å². The molecule has 0 fully saturated rings. The fourth-order valence-electron chi connectivity index (χ4n) is 0.762. The fourth-order valence-corrected chi connectivity index (χ4v) is 0.762. The number of hydrogen-bond donors (Lipinski definition) is 1. The summed E-state index contributed by atoms with van der Waals surface area (Å²) in [4.78, 5) is 0. The quantitative estimate of drug-likeness (QED) is 0.716. The minimum atomic E-state index is 0.00820. The molecule has 59 valence electrons. The van der Waals surface area contributed by atoms with Crippen LogP contribution in [0.15, 0.2) is 30.3 Å². The van der Waals surface area contributed by atoms with Gasteiger partial charge in [0.2, 0.25) is 6.29 Å². The first-order valence-corrected chi connectivity index (χ1v) is 3.48. The van der Waals surface area contributed by atoms with Crippen LogP contribution in [0.1, 0.15) is 12.5 Å². The van der Waals surface area contributed by atoms with Crippen molar-refractivity contribution < 1.29 is 9.84 Å². The molecule has 0 saturated heterocycles. The molecule has 0 spiro atoms. The Kier molecular flexibility index (Phi) is 3.08. The van der Waals surface area contributed by atoms with Gasteiger partial charge in [0.1, 0.15) is 0 Å².